The number of hydrogen-bond donors (Lipinski definition) is 1. The molecule has 0 spiro atoms. The summed E-state index contributed by atoms with van der Waals surface area (Å²) in [5.41, 5.74) is 2.37. The van der Waals surface area contributed by atoms with Crippen molar-refractivity contribution in [3.05, 3.63) is 94.7 Å². The maximum Gasteiger partial charge on any atom is 0.271 e. The average molecular weight is 443 g/mol. The molecule has 0 aliphatic carbocycles. The maximum absolute atomic E-state index is 13.4. The lowest BCUT2D eigenvalue weighted by atomic mass is 10.2. The molecule has 0 radical (unpaired) electrons. The van der Waals surface area contributed by atoms with Crippen LogP contribution in [0, 0.1) is 5.82 Å². The predicted octanol–water partition coefficient (Wildman–Crippen LogP) is 2.15. The largest absolute Gasteiger partial charge is 0.349 e. The van der Waals surface area contributed by atoms with Gasteiger partial charge in [-0.2, -0.15) is 5.10 Å². The number of nitrogens with zero attached hydrogens (tertiary/aromatic N) is 6. The van der Waals surface area contributed by atoms with Crippen LogP contribution in [0.4, 0.5) is 4.39 Å². The first kappa shape index (κ1) is 20.4. The summed E-state index contributed by atoms with van der Waals surface area (Å²) >= 11 is 0. The fourth-order valence-electron chi connectivity index (χ4n) is 3.54. The average Bonchev–Trinajstić information content (AvgIpc) is 3.24. The minimum Gasteiger partial charge on any atom is -0.349 e. The Balaban J connectivity index is 1.27. The predicted molar refractivity (Wildman–Crippen MR) is 119 cm³/mol. The van der Waals surface area contributed by atoms with Crippen LogP contribution in [0.3, 0.4) is 0 Å². The van der Waals surface area contributed by atoms with Gasteiger partial charge in [-0.25, -0.2) is 19.0 Å². The van der Waals surface area contributed by atoms with Gasteiger partial charge in [0.25, 0.3) is 11.5 Å². The molecule has 33 heavy (non-hydrogen) atoms. The number of carbonyl (C=O) groups is 1. The lowest BCUT2D eigenvalue weighted by Gasteiger charge is -2.08. The lowest BCUT2D eigenvalue weighted by Crippen LogP contribution is -2.28. The van der Waals surface area contributed by atoms with E-state index in [9.17, 15) is 14.0 Å². The first-order chi connectivity index (χ1) is 16.1. The Morgan fingerprint density at radius 2 is 1.88 bits per heavy atom. The van der Waals surface area contributed by atoms with Crippen molar-refractivity contribution >= 4 is 28.0 Å². The van der Waals surface area contributed by atoms with Gasteiger partial charge >= 0.3 is 0 Å². The third-order valence-electron chi connectivity index (χ3n) is 5.15. The van der Waals surface area contributed by atoms with Gasteiger partial charge in [-0.15, -0.1) is 0 Å². The van der Waals surface area contributed by atoms with Crippen molar-refractivity contribution in [2.24, 2.45) is 0 Å². The third-order valence-corrected chi connectivity index (χ3v) is 5.15. The number of para-hydroxylation sites is 2. The highest BCUT2D eigenvalue weighted by molar-refractivity contribution is 5.93. The van der Waals surface area contributed by atoms with Crippen molar-refractivity contribution in [2.45, 2.75) is 13.1 Å². The summed E-state index contributed by atoms with van der Waals surface area (Å²) in [6.45, 7) is 0.780. The van der Waals surface area contributed by atoms with Crippen LogP contribution in [0.1, 0.15) is 16.1 Å². The van der Waals surface area contributed by atoms with Gasteiger partial charge in [0.15, 0.2) is 5.65 Å². The summed E-state index contributed by atoms with van der Waals surface area (Å²) < 4.78 is 16.4. The number of rotatable bonds is 6. The van der Waals surface area contributed by atoms with Gasteiger partial charge < -0.3 is 5.32 Å². The number of halogens is 1. The summed E-state index contributed by atoms with van der Waals surface area (Å²) in [5, 5.41) is 7.36. The van der Waals surface area contributed by atoms with E-state index >= 15 is 0 Å². The van der Waals surface area contributed by atoms with Crippen molar-refractivity contribution in [1.82, 2.24) is 34.6 Å². The minimum absolute atomic E-state index is 0.202. The molecular weight excluding hydrogens is 425 g/mol. The fraction of sp³-hybridized carbons (Fsp3) is 0.130. The Bertz CT molecular complexity index is 1540. The van der Waals surface area contributed by atoms with E-state index in [1.165, 1.54) is 35.4 Å². The van der Waals surface area contributed by atoms with Gasteiger partial charge in [0.2, 0.25) is 0 Å². The van der Waals surface area contributed by atoms with E-state index in [1.54, 1.807) is 22.9 Å². The number of hydrogen-bond acceptors (Lipinski definition) is 6. The number of benzene rings is 2. The van der Waals surface area contributed by atoms with E-state index in [1.807, 2.05) is 18.2 Å². The number of aromatic nitrogens is 6. The SMILES string of the molecule is O=C(NCCn1ncc2c(=O)n(Cc3cccc(F)c3)cnc21)c1cnc2ccccc2n1. The zero-order chi connectivity index (χ0) is 22.8. The first-order valence-corrected chi connectivity index (χ1v) is 10.2. The van der Waals surface area contributed by atoms with Crippen LogP contribution in [-0.4, -0.2) is 41.8 Å². The second-order valence-corrected chi connectivity index (χ2v) is 7.41. The highest BCUT2D eigenvalue weighted by atomic mass is 19.1. The summed E-state index contributed by atoms with van der Waals surface area (Å²) in [4.78, 5) is 38.1. The molecule has 0 saturated heterocycles. The van der Waals surface area contributed by atoms with Crippen molar-refractivity contribution in [1.29, 1.82) is 0 Å². The Morgan fingerprint density at radius 3 is 2.73 bits per heavy atom. The maximum atomic E-state index is 13.4. The molecule has 9 nitrogen and oxygen atoms in total. The first-order valence-electron chi connectivity index (χ1n) is 10.2. The fourth-order valence-corrected chi connectivity index (χ4v) is 3.54. The van der Waals surface area contributed by atoms with Crippen molar-refractivity contribution in [3.8, 4) is 0 Å². The van der Waals surface area contributed by atoms with E-state index in [2.05, 4.69) is 25.4 Å². The van der Waals surface area contributed by atoms with Gasteiger partial charge in [0.1, 0.15) is 23.2 Å². The normalized spacial score (nSPS) is 11.2. The summed E-state index contributed by atoms with van der Waals surface area (Å²) in [7, 11) is 0. The van der Waals surface area contributed by atoms with Crippen molar-refractivity contribution < 1.29 is 9.18 Å². The quantitative estimate of drug-likeness (QED) is 0.431. The zero-order valence-electron chi connectivity index (χ0n) is 17.3. The van der Waals surface area contributed by atoms with Gasteiger partial charge in [-0.05, 0) is 29.8 Å². The molecule has 0 saturated carbocycles. The minimum atomic E-state index is -0.362. The second-order valence-electron chi connectivity index (χ2n) is 7.41. The summed E-state index contributed by atoms with van der Waals surface area (Å²) in [6.07, 6.45) is 4.30. The van der Waals surface area contributed by atoms with Gasteiger partial charge in [0.05, 0.1) is 36.5 Å². The van der Waals surface area contributed by atoms with Crippen LogP contribution in [0.25, 0.3) is 22.1 Å². The number of carbonyl (C=O) groups excluding carboxylic acids is 1. The molecule has 3 aromatic heterocycles. The number of fused-ring (bicyclic) bond motifs is 2. The molecule has 0 bridgehead atoms. The Kier molecular flexibility index (Phi) is 5.31. The standard InChI is InChI=1S/C23H18FN7O2/c24-16-5-3-4-15(10-16)13-30-14-27-21-17(23(30)33)11-28-31(21)9-8-25-22(32)20-12-26-18-6-1-2-7-19(18)29-20/h1-7,10-12,14H,8-9,13H2,(H,25,32). The summed E-state index contributed by atoms with van der Waals surface area (Å²) in [6, 6.07) is 13.4. The molecule has 5 aromatic rings. The molecule has 1 amide bonds. The molecule has 0 fully saturated rings. The highest BCUT2D eigenvalue weighted by Gasteiger charge is 2.12. The van der Waals surface area contributed by atoms with Crippen molar-refractivity contribution in [2.75, 3.05) is 6.54 Å². The molecule has 0 atom stereocenters. The molecule has 5 rings (SSSR count). The van der Waals surface area contributed by atoms with Gasteiger partial charge in [-0.3, -0.25) is 19.1 Å². The molecular formula is C23H18FN7O2. The highest BCUT2D eigenvalue weighted by Crippen LogP contribution is 2.10. The molecule has 0 unspecified atom stereocenters. The van der Waals surface area contributed by atoms with Crippen LogP contribution in [-0.2, 0) is 13.1 Å². The van der Waals surface area contributed by atoms with Crippen LogP contribution in [0.2, 0.25) is 0 Å². The van der Waals surface area contributed by atoms with Gasteiger partial charge in [-0.1, -0.05) is 24.3 Å². The molecule has 164 valence electrons. The number of amides is 1. The molecule has 0 aliphatic rings. The third kappa shape index (κ3) is 4.18. The van der Waals surface area contributed by atoms with E-state index in [-0.39, 0.29) is 36.1 Å². The zero-order valence-corrected chi connectivity index (χ0v) is 17.3. The van der Waals surface area contributed by atoms with E-state index in [0.29, 0.717) is 34.2 Å². The second kappa shape index (κ2) is 8.58. The van der Waals surface area contributed by atoms with E-state index in [4.69, 9.17) is 0 Å². The monoisotopic (exact) mass is 443 g/mol. The van der Waals surface area contributed by atoms with E-state index in [0.717, 1.165) is 0 Å². The molecule has 3 heterocycles. The van der Waals surface area contributed by atoms with Crippen LogP contribution >= 0.6 is 0 Å². The lowest BCUT2D eigenvalue weighted by molar-refractivity contribution is 0.0947. The Morgan fingerprint density at radius 1 is 1.03 bits per heavy atom. The smallest absolute Gasteiger partial charge is 0.271 e. The summed E-state index contributed by atoms with van der Waals surface area (Å²) in [5.74, 6) is -0.714. The molecule has 0 aliphatic heterocycles. The van der Waals surface area contributed by atoms with Gasteiger partial charge in [0, 0.05) is 6.54 Å². The number of nitrogens with one attached hydrogen (secondary N) is 1. The Labute approximate surface area is 186 Å². The molecule has 10 heteroatoms. The van der Waals surface area contributed by atoms with Crippen LogP contribution in [0.15, 0.2) is 72.0 Å². The molecule has 2 aromatic carbocycles. The van der Waals surface area contributed by atoms with E-state index < -0.39 is 0 Å². The molecule has 1 N–H and O–H groups in total. The van der Waals surface area contributed by atoms with Crippen molar-refractivity contribution in [3.63, 3.8) is 0 Å². The topological polar surface area (TPSA) is 108 Å². The van der Waals surface area contributed by atoms with Crippen LogP contribution < -0.4 is 10.9 Å². The Hall–Kier alpha value is -4.47. The van der Waals surface area contributed by atoms with Crippen LogP contribution in [0.5, 0.6) is 0 Å².